The smallest absolute Gasteiger partial charge is 0.257 e. The van der Waals surface area contributed by atoms with E-state index < -0.39 is 0 Å². The zero-order valence-corrected chi connectivity index (χ0v) is 14.5. The molecule has 2 aromatic heterocycles. The summed E-state index contributed by atoms with van der Waals surface area (Å²) in [4.78, 5) is 5.00. The van der Waals surface area contributed by atoms with Gasteiger partial charge in [-0.25, -0.2) is 0 Å². The fraction of sp³-hybridized carbons (Fsp3) is 0.625. The maximum Gasteiger partial charge on any atom is 0.257 e. The Kier molecular flexibility index (Phi) is 4.24. The summed E-state index contributed by atoms with van der Waals surface area (Å²) >= 11 is 3.86. The maximum atomic E-state index is 5.92. The second kappa shape index (κ2) is 6.34. The van der Waals surface area contributed by atoms with Crippen molar-refractivity contribution in [3.8, 4) is 10.8 Å². The number of aryl methyl sites for hydroxylation is 2. The van der Waals surface area contributed by atoms with Crippen molar-refractivity contribution in [3.05, 3.63) is 22.4 Å². The molecule has 1 fully saturated rings. The average Bonchev–Trinajstić information content (AvgIpc) is 3.26. The molecule has 6 heteroatoms. The van der Waals surface area contributed by atoms with E-state index in [0.717, 1.165) is 17.3 Å². The van der Waals surface area contributed by atoms with Crippen molar-refractivity contribution < 1.29 is 4.42 Å². The molecule has 22 heavy (non-hydrogen) atoms. The molecule has 0 spiro atoms. The van der Waals surface area contributed by atoms with Crippen LogP contribution < -0.4 is 0 Å². The molecule has 0 aromatic carbocycles. The van der Waals surface area contributed by atoms with Crippen LogP contribution in [0.3, 0.4) is 0 Å². The van der Waals surface area contributed by atoms with Crippen LogP contribution in [0.5, 0.6) is 0 Å². The van der Waals surface area contributed by atoms with Gasteiger partial charge in [0.2, 0.25) is 5.89 Å². The number of hydrogen-bond acceptors (Lipinski definition) is 6. The van der Waals surface area contributed by atoms with Gasteiger partial charge >= 0.3 is 0 Å². The van der Waals surface area contributed by atoms with E-state index in [1.54, 1.807) is 0 Å². The lowest BCUT2D eigenvalue weighted by molar-refractivity contribution is 0.230. The average molecular weight is 335 g/mol. The molecule has 3 heterocycles. The minimum absolute atomic E-state index is 0.648. The predicted octanol–water partition coefficient (Wildman–Crippen LogP) is 3.61. The fourth-order valence-corrected chi connectivity index (χ4v) is 5.70. The standard InChI is InChI=1S/C16H21N3OS2/c1-19(12-6-7-21-10-12)9-15-17-18-16(20-15)14-8-11-4-2-3-5-13(11)22-14/h8,12H,2-7,9-10H2,1H3/t12-/m0/s1. The van der Waals surface area contributed by atoms with Gasteiger partial charge in [-0.3, -0.25) is 4.90 Å². The van der Waals surface area contributed by atoms with Crippen LogP contribution >= 0.6 is 23.1 Å². The molecular weight excluding hydrogens is 314 g/mol. The van der Waals surface area contributed by atoms with Gasteiger partial charge in [-0.05, 0) is 56.5 Å². The molecule has 2 aliphatic rings. The molecular formula is C16H21N3OS2. The normalized spacial score (nSPS) is 21.5. The molecule has 0 radical (unpaired) electrons. The minimum Gasteiger partial charge on any atom is -0.419 e. The van der Waals surface area contributed by atoms with Crippen molar-refractivity contribution >= 4 is 23.1 Å². The summed E-state index contributed by atoms with van der Waals surface area (Å²) < 4.78 is 5.92. The molecule has 118 valence electrons. The van der Waals surface area contributed by atoms with Crippen molar-refractivity contribution in [2.75, 3.05) is 18.6 Å². The topological polar surface area (TPSA) is 42.2 Å². The lowest BCUT2D eigenvalue weighted by Gasteiger charge is -2.21. The second-order valence-corrected chi connectivity index (χ2v) is 8.49. The lowest BCUT2D eigenvalue weighted by atomic mass is 9.99. The van der Waals surface area contributed by atoms with Gasteiger partial charge in [-0.2, -0.15) is 11.8 Å². The summed E-state index contributed by atoms with van der Waals surface area (Å²) in [5.41, 5.74) is 1.49. The SMILES string of the molecule is CN(Cc1nnc(-c2cc3c(s2)CCCC3)o1)[C@H]1CCSC1. The summed E-state index contributed by atoms with van der Waals surface area (Å²) in [6, 6.07) is 2.91. The molecule has 0 saturated carbocycles. The lowest BCUT2D eigenvalue weighted by Crippen LogP contribution is -2.30. The Bertz CT molecular complexity index is 622. The first-order chi connectivity index (χ1) is 10.8. The summed E-state index contributed by atoms with van der Waals surface area (Å²) in [5, 5.41) is 8.52. The molecule has 0 N–H and O–H groups in total. The van der Waals surface area contributed by atoms with Crippen LogP contribution in [0.1, 0.15) is 35.6 Å². The van der Waals surface area contributed by atoms with Gasteiger partial charge in [0.15, 0.2) is 0 Å². The van der Waals surface area contributed by atoms with Crippen molar-refractivity contribution in [2.45, 2.75) is 44.7 Å². The third kappa shape index (κ3) is 2.96. The van der Waals surface area contributed by atoms with E-state index in [9.17, 15) is 0 Å². The largest absolute Gasteiger partial charge is 0.419 e. The van der Waals surface area contributed by atoms with Gasteiger partial charge in [-0.15, -0.1) is 21.5 Å². The summed E-state index contributed by atoms with van der Waals surface area (Å²) in [5.74, 6) is 3.92. The first-order valence-corrected chi connectivity index (χ1v) is 9.99. The zero-order valence-electron chi connectivity index (χ0n) is 12.9. The minimum atomic E-state index is 0.648. The van der Waals surface area contributed by atoms with Crippen molar-refractivity contribution in [3.63, 3.8) is 0 Å². The number of nitrogens with zero attached hydrogens (tertiary/aromatic N) is 3. The number of aromatic nitrogens is 2. The molecule has 4 nitrogen and oxygen atoms in total. The number of hydrogen-bond donors (Lipinski definition) is 0. The van der Waals surface area contributed by atoms with Crippen LogP contribution in [0.15, 0.2) is 10.5 Å². The van der Waals surface area contributed by atoms with E-state index in [-0.39, 0.29) is 0 Å². The maximum absolute atomic E-state index is 5.92. The van der Waals surface area contributed by atoms with Crippen LogP contribution in [-0.2, 0) is 19.4 Å². The Morgan fingerprint density at radius 1 is 1.32 bits per heavy atom. The first-order valence-electron chi connectivity index (χ1n) is 8.02. The molecule has 1 atom stereocenters. The van der Waals surface area contributed by atoms with Gasteiger partial charge in [0, 0.05) is 16.7 Å². The van der Waals surface area contributed by atoms with Gasteiger partial charge in [0.05, 0.1) is 11.4 Å². The molecule has 1 aliphatic carbocycles. The third-order valence-corrected chi connectivity index (χ3v) is 6.96. The van der Waals surface area contributed by atoms with Crippen LogP contribution in [0.4, 0.5) is 0 Å². The second-order valence-electron chi connectivity index (χ2n) is 6.20. The number of fused-ring (bicyclic) bond motifs is 1. The zero-order chi connectivity index (χ0) is 14.9. The van der Waals surface area contributed by atoms with Crippen molar-refractivity contribution in [2.24, 2.45) is 0 Å². The van der Waals surface area contributed by atoms with E-state index in [0.29, 0.717) is 11.9 Å². The van der Waals surface area contributed by atoms with Gasteiger partial charge in [0.25, 0.3) is 5.89 Å². The Morgan fingerprint density at radius 3 is 3.05 bits per heavy atom. The van der Waals surface area contributed by atoms with Crippen LogP contribution in [0.25, 0.3) is 10.8 Å². The molecule has 2 aromatic rings. The molecule has 4 rings (SSSR count). The van der Waals surface area contributed by atoms with E-state index in [1.807, 2.05) is 23.1 Å². The Morgan fingerprint density at radius 2 is 2.23 bits per heavy atom. The van der Waals surface area contributed by atoms with Crippen LogP contribution in [-0.4, -0.2) is 39.7 Å². The highest BCUT2D eigenvalue weighted by Gasteiger charge is 2.22. The fourth-order valence-electron chi connectivity index (χ4n) is 3.23. The quantitative estimate of drug-likeness (QED) is 0.854. The van der Waals surface area contributed by atoms with E-state index in [2.05, 4.69) is 28.2 Å². The highest BCUT2D eigenvalue weighted by molar-refractivity contribution is 7.99. The Balaban J connectivity index is 1.47. The van der Waals surface area contributed by atoms with Gasteiger partial charge in [0.1, 0.15) is 0 Å². The first kappa shape index (κ1) is 14.7. The monoisotopic (exact) mass is 335 g/mol. The summed E-state index contributed by atoms with van der Waals surface area (Å²) in [7, 11) is 2.16. The van der Waals surface area contributed by atoms with Gasteiger partial charge < -0.3 is 4.42 Å². The van der Waals surface area contributed by atoms with E-state index in [1.165, 1.54) is 54.1 Å². The van der Waals surface area contributed by atoms with E-state index in [4.69, 9.17) is 4.42 Å². The highest BCUT2D eigenvalue weighted by atomic mass is 32.2. The molecule has 0 amide bonds. The highest BCUT2D eigenvalue weighted by Crippen LogP contribution is 2.35. The predicted molar refractivity (Wildman–Crippen MR) is 91.5 cm³/mol. The molecule has 1 aliphatic heterocycles. The molecule has 1 saturated heterocycles. The number of rotatable bonds is 4. The van der Waals surface area contributed by atoms with Crippen LogP contribution in [0.2, 0.25) is 0 Å². The molecule has 0 unspecified atom stereocenters. The Hall–Kier alpha value is -0.850. The van der Waals surface area contributed by atoms with Gasteiger partial charge in [-0.1, -0.05) is 0 Å². The van der Waals surface area contributed by atoms with Crippen molar-refractivity contribution in [1.82, 2.24) is 15.1 Å². The molecule has 0 bridgehead atoms. The summed E-state index contributed by atoms with van der Waals surface area (Å²) in [6.07, 6.45) is 6.30. The summed E-state index contributed by atoms with van der Waals surface area (Å²) in [6.45, 7) is 0.753. The Labute approximate surface area is 139 Å². The van der Waals surface area contributed by atoms with Crippen LogP contribution in [0, 0.1) is 0 Å². The van der Waals surface area contributed by atoms with Crippen molar-refractivity contribution in [1.29, 1.82) is 0 Å². The number of thiophene rings is 1. The number of thioether (sulfide) groups is 1. The van der Waals surface area contributed by atoms with E-state index >= 15 is 0 Å². The third-order valence-electron chi connectivity index (χ3n) is 4.59.